The third kappa shape index (κ3) is 2.23. The summed E-state index contributed by atoms with van der Waals surface area (Å²) in [6.07, 6.45) is 0.819. The molecular weight excluding hydrogens is 222 g/mol. The van der Waals surface area contributed by atoms with Crippen molar-refractivity contribution in [1.82, 2.24) is 0 Å². The third-order valence-corrected chi connectivity index (χ3v) is 2.56. The molecule has 2 rings (SSSR count). The second-order valence-electron chi connectivity index (χ2n) is 3.31. The van der Waals surface area contributed by atoms with Gasteiger partial charge in [-0.25, -0.2) is 0 Å². The lowest BCUT2D eigenvalue weighted by atomic mass is 10.2. The van der Waals surface area contributed by atoms with Gasteiger partial charge in [0.05, 0.1) is 10.7 Å². The van der Waals surface area contributed by atoms with Crippen molar-refractivity contribution in [2.75, 3.05) is 5.32 Å². The molecule has 0 fully saturated rings. The highest BCUT2D eigenvalue weighted by molar-refractivity contribution is 6.33. The Bertz CT molecular complexity index is 511. The molecule has 2 aromatic carbocycles. The molecule has 0 heterocycles. The minimum absolute atomic E-state index is 0.613. The van der Waals surface area contributed by atoms with Crippen LogP contribution in [0.1, 0.15) is 10.4 Å². The Kier molecular flexibility index (Phi) is 3.22. The number of halogens is 1. The molecular formula is C13H10ClNO. The van der Waals surface area contributed by atoms with Gasteiger partial charge in [-0.2, -0.15) is 0 Å². The number of carbonyl (C=O) groups excluding carboxylic acids is 1. The summed E-state index contributed by atoms with van der Waals surface area (Å²) in [6.45, 7) is 0. The molecule has 0 saturated carbocycles. The van der Waals surface area contributed by atoms with E-state index in [4.69, 9.17) is 11.6 Å². The number of nitrogens with one attached hydrogen (secondary N) is 1. The molecule has 0 spiro atoms. The second kappa shape index (κ2) is 4.81. The Morgan fingerprint density at radius 2 is 1.56 bits per heavy atom. The summed E-state index contributed by atoms with van der Waals surface area (Å²) in [4.78, 5) is 10.8. The van der Waals surface area contributed by atoms with Crippen molar-refractivity contribution in [1.29, 1.82) is 0 Å². The SMILES string of the molecule is O=Cc1ccccc1Nc1ccccc1Cl. The molecule has 0 amide bonds. The Hall–Kier alpha value is -1.80. The molecule has 16 heavy (non-hydrogen) atoms. The van der Waals surface area contributed by atoms with E-state index >= 15 is 0 Å². The second-order valence-corrected chi connectivity index (χ2v) is 3.72. The van der Waals surface area contributed by atoms with E-state index in [1.165, 1.54) is 0 Å². The van der Waals surface area contributed by atoms with Crippen molar-refractivity contribution in [3.63, 3.8) is 0 Å². The van der Waals surface area contributed by atoms with Gasteiger partial charge in [-0.1, -0.05) is 35.9 Å². The van der Waals surface area contributed by atoms with Crippen LogP contribution < -0.4 is 5.32 Å². The van der Waals surface area contributed by atoms with Crippen molar-refractivity contribution in [3.8, 4) is 0 Å². The van der Waals surface area contributed by atoms with Gasteiger partial charge in [0.2, 0.25) is 0 Å². The highest BCUT2D eigenvalue weighted by Crippen LogP contribution is 2.26. The Morgan fingerprint density at radius 3 is 2.25 bits per heavy atom. The smallest absolute Gasteiger partial charge is 0.152 e. The molecule has 0 saturated heterocycles. The molecule has 0 aromatic heterocycles. The monoisotopic (exact) mass is 231 g/mol. The van der Waals surface area contributed by atoms with Gasteiger partial charge in [0.25, 0.3) is 0 Å². The zero-order chi connectivity index (χ0) is 11.4. The van der Waals surface area contributed by atoms with Crippen LogP contribution >= 0.6 is 11.6 Å². The molecule has 0 aliphatic carbocycles. The highest BCUT2D eigenvalue weighted by Gasteiger charge is 2.02. The number of hydrogen-bond donors (Lipinski definition) is 1. The lowest BCUT2D eigenvalue weighted by Crippen LogP contribution is -1.95. The summed E-state index contributed by atoms with van der Waals surface area (Å²) in [5.41, 5.74) is 2.16. The number of anilines is 2. The van der Waals surface area contributed by atoms with Gasteiger partial charge >= 0.3 is 0 Å². The summed E-state index contributed by atoms with van der Waals surface area (Å²) in [5, 5.41) is 3.76. The maximum absolute atomic E-state index is 10.8. The predicted molar refractivity (Wildman–Crippen MR) is 66.6 cm³/mol. The number of aldehydes is 1. The fraction of sp³-hybridized carbons (Fsp3) is 0. The fourth-order valence-corrected chi connectivity index (χ4v) is 1.60. The normalized spacial score (nSPS) is 9.81. The van der Waals surface area contributed by atoms with Gasteiger partial charge in [-0.15, -0.1) is 0 Å². The van der Waals surface area contributed by atoms with E-state index in [0.717, 1.165) is 17.7 Å². The van der Waals surface area contributed by atoms with E-state index in [9.17, 15) is 4.79 Å². The van der Waals surface area contributed by atoms with E-state index in [0.29, 0.717) is 10.6 Å². The molecule has 0 aliphatic heterocycles. The highest BCUT2D eigenvalue weighted by atomic mass is 35.5. The molecule has 80 valence electrons. The lowest BCUT2D eigenvalue weighted by molar-refractivity contribution is 0.112. The first-order valence-corrected chi connectivity index (χ1v) is 5.25. The number of carbonyl (C=O) groups is 1. The van der Waals surface area contributed by atoms with Gasteiger partial charge in [0.1, 0.15) is 0 Å². The minimum atomic E-state index is 0.613. The average Bonchev–Trinajstić information content (AvgIpc) is 2.33. The fourth-order valence-electron chi connectivity index (χ4n) is 1.42. The van der Waals surface area contributed by atoms with Crippen molar-refractivity contribution < 1.29 is 4.79 Å². The first kappa shape index (κ1) is 10.7. The van der Waals surface area contributed by atoms with E-state index in [1.54, 1.807) is 12.1 Å². The van der Waals surface area contributed by atoms with Gasteiger partial charge in [-0.05, 0) is 24.3 Å². The minimum Gasteiger partial charge on any atom is -0.354 e. The Balaban J connectivity index is 2.34. The van der Waals surface area contributed by atoms with E-state index in [1.807, 2.05) is 36.4 Å². The van der Waals surface area contributed by atoms with Crippen molar-refractivity contribution in [3.05, 3.63) is 59.1 Å². The summed E-state index contributed by atoms with van der Waals surface area (Å²) < 4.78 is 0. The van der Waals surface area contributed by atoms with Crippen molar-refractivity contribution in [2.24, 2.45) is 0 Å². The Labute approximate surface area is 98.9 Å². The van der Waals surface area contributed by atoms with Crippen LogP contribution in [0.5, 0.6) is 0 Å². The maximum atomic E-state index is 10.8. The van der Waals surface area contributed by atoms with E-state index in [-0.39, 0.29) is 0 Å². The van der Waals surface area contributed by atoms with Gasteiger partial charge in [0, 0.05) is 11.3 Å². The summed E-state index contributed by atoms with van der Waals surface area (Å²) in [5.74, 6) is 0. The van der Waals surface area contributed by atoms with Crippen LogP contribution in [0.2, 0.25) is 5.02 Å². The van der Waals surface area contributed by atoms with Crippen LogP contribution in [0, 0.1) is 0 Å². The number of para-hydroxylation sites is 2. The zero-order valence-electron chi connectivity index (χ0n) is 8.48. The molecule has 0 atom stereocenters. The quantitative estimate of drug-likeness (QED) is 0.812. The molecule has 0 radical (unpaired) electrons. The molecule has 2 nitrogen and oxygen atoms in total. The molecule has 0 aliphatic rings. The van der Waals surface area contributed by atoms with E-state index < -0.39 is 0 Å². The summed E-state index contributed by atoms with van der Waals surface area (Å²) in [7, 11) is 0. The van der Waals surface area contributed by atoms with Gasteiger partial charge in [0.15, 0.2) is 6.29 Å². The summed E-state index contributed by atoms with van der Waals surface area (Å²) >= 11 is 6.02. The largest absolute Gasteiger partial charge is 0.354 e. The third-order valence-electron chi connectivity index (χ3n) is 2.23. The first-order chi connectivity index (χ1) is 7.81. The lowest BCUT2D eigenvalue weighted by Gasteiger charge is -2.09. The Morgan fingerprint density at radius 1 is 0.938 bits per heavy atom. The molecule has 3 heteroatoms. The van der Waals surface area contributed by atoms with Crippen LogP contribution in [0.15, 0.2) is 48.5 Å². The van der Waals surface area contributed by atoms with Crippen LogP contribution in [-0.4, -0.2) is 6.29 Å². The zero-order valence-corrected chi connectivity index (χ0v) is 9.24. The van der Waals surface area contributed by atoms with E-state index in [2.05, 4.69) is 5.32 Å². The van der Waals surface area contributed by atoms with Crippen molar-refractivity contribution in [2.45, 2.75) is 0 Å². The van der Waals surface area contributed by atoms with Crippen LogP contribution in [0.3, 0.4) is 0 Å². The topological polar surface area (TPSA) is 29.1 Å². The van der Waals surface area contributed by atoms with Crippen LogP contribution in [0.4, 0.5) is 11.4 Å². The number of rotatable bonds is 3. The van der Waals surface area contributed by atoms with Crippen LogP contribution in [-0.2, 0) is 0 Å². The van der Waals surface area contributed by atoms with Crippen molar-refractivity contribution >= 4 is 29.3 Å². The number of benzene rings is 2. The summed E-state index contributed by atoms with van der Waals surface area (Å²) in [6, 6.07) is 14.7. The van der Waals surface area contributed by atoms with Crippen LogP contribution in [0.25, 0.3) is 0 Å². The molecule has 0 unspecified atom stereocenters. The maximum Gasteiger partial charge on any atom is 0.152 e. The predicted octanol–water partition coefficient (Wildman–Crippen LogP) is 3.90. The molecule has 2 aromatic rings. The molecule has 1 N–H and O–H groups in total. The first-order valence-electron chi connectivity index (χ1n) is 4.87. The van der Waals surface area contributed by atoms with Gasteiger partial charge < -0.3 is 5.32 Å². The average molecular weight is 232 g/mol. The molecule has 0 bridgehead atoms. The number of hydrogen-bond acceptors (Lipinski definition) is 2. The van der Waals surface area contributed by atoms with Gasteiger partial charge in [-0.3, -0.25) is 4.79 Å². The standard InChI is InChI=1S/C13H10ClNO/c14-11-6-2-4-8-13(11)15-12-7-3-1-5-10(12)9-16/h1-9,15H.